The van der Waals surface area contributed by atoms with Crippen molar-refractivity contribution in [3.05, 3.63) is 0 Å². The van der Waals surface area contributed by atoms with Gasteiger partial charge in [0, 0.05) is 19.1 Å². The summed E-state index contributed by atoms with van der Waals surface area (Å²) in [6.45, 7) is 7.60. The lowest BCUT2D eigenvalue weighted by Crippen LogP contribution is -2.46. The monoisotopic (exact) mass is 286 g/mol. The van der Waals surface area contributed by atoms with E-state index in [0.717, 1.165) is 12.0 Å². The number of piperidine rings is 2. The van der Waals surface area contributed by atoms with Crippen LogP contribution in [0.15, 0.2) is 0 Å². The minimum absolute atomic E-state index is 0.786. The van der Waals surface area contributed by atoms with Crippen molar-refractivity contribution < 1.29 is 19.8 Å². The minimum Gasteiger partial charge on any atom is -0.473 e. The van der Waals surface area contributed by atoms with E-state index in [9.17, 15) is 0 Å². The molecule has 2 atom stereocenters. The maximum Gasteiger partial charge on any atom is 0.414 e. The summed E-state index contributed by atoms with van der Waals surface area (Å²) in [4.78, 5) is 20.9. The molecule has 2 heterocycles. The molecule has 0 aliphatic carbocycles. The molecule has 2 aliphatic heterocycles. The summed E-state index contributed by atoms with van der Waals surface area (Å²) in [6, 6.07) is 0.786. The van der Waals surface area contributed by atoms with Gasteiger partial charge in [0.15, 0.2) is 0 Å². The van der Waals surface area contributed by atoms with Crippen LogP contribution >= 0.6 is 0 Å². The van der Waals surface area contributed by atoms with Crippen molar-refractivity contribution in [2.45, 2.75) is 45.1 Å². The van der Waals surface area contributed by atoms with E-state index < -0.39 is 11.9 Å². The quantitative estimate of drug-likeness (QED) is 0.657. The number of rotatable bonds is 2. The Bertz CT molecular complexity index is 304. The summed E-state index contributed by atoms with van der Waals surface area (Å²) in [7, 11) is 0. The summed E-state index contributed by atoms with van der Waals surface area (Å²) < 4.78 is 0. The lowest BCUT2D eigenvalue weighted by molar-refractivity contribution is -0.159. The molecule has 0 aromatic rings. The second kappa shape index (κ2) is 8.92. The average molecular weight is 286 g/mol. The Balaban J connectivity index is 0.000000286. The number of hydrogen-bond donors (Lipinski definition) is 3. The van der Waals surface area contributed by atoms with Crippen molar-refractivity contribution in [1.82, 2.24) is 10.2 Å². The number of likely N-dealkylation sites (tertiary alicyclic amines) is 1. The number of carboxylic acids is 2. The largest absolute Gasteiger partial charge is 0.473 e. The van der Waals surface area contributed by atoms with E-state index in [-0.39, 0.29) is 0 Å². The van der Waals surface area contributed by atoms with Gasteiger partial charge >= 0.3 is 11.9 Å². The van der Waals surface area contributed by atoms with Crippen LogP contribution in [0.3, 0.4) is 0 Å². The van der Waals surface area contributed by atoms with Crippen molar-refractivity contribution in [3.8, 4) is 0 Å². The zero-order valence-electron chi connectivity index (χ0n) is 12.2. The topological polar surface area (TPSA) is 89.9 Å². The molecule has 0 amide bonds. The Hall–Kier alpha value is -1.14. The van der Waals surface area contributed by atoms with Gasteiger partial charge in [-0.15, -0.1) is 0 Å². The van der Waals surface area contributed by atoms with Crippen LogP contribution in [0.2, 0.25) is 0 Å². The Labute approximate surface area is 120 Å². The fraction of sp³-hybridized carbons (Fsp3) is 0.857. The molecule has 2 fully saturated rings. The SMILES string of the molecule is CC1CCCN(CC2CCCCN2)C1.O=C(O)C(=O)O. The lowest BCUT2D eigenvalue weighted by Gasteiger charge is -2.35. The fourth-order valence-electron chi connectivity index (χ4n) is 2.84. The van der Waals surface area contributed by atoms with Crippen molar-refractivity contribution in [1.29, 1.82) is 0 Å². The molecule has 2 unspecified atom stereocenters. The highest BCUT2D eigenvalue weighted by atomic mass is 16.4. The number of nitrogens with one attached hydrogen (secondary N) is 1. The van der Waals surface area contributed by atoms with Crippen LogP contribution in [0, 0.1) is 5.92 Å². The first-order chi connectivity index (χ1) is 9.49. The number of nitrogens with zero attached hydrogens (tertiary/aromatic N) is 1. The average Bonchev–Trinajstić information content (AvgIpc) is 2.40. The van der Waals surface area contributed by atoms with Crippen LogP contribution in [-0.2, 0) is 9.59 Å². The molecule has 0 bridgehead atoms. The molecule has 6 nitrogen and oxygen atoms in total. The van der Waals surface area contributed by atoms with Crippen LogP contribution in [0.4, 0.5) is 0 Å². The molecule has 0 aromatic carbocycles. The van der Waals surface area contributed by atoms with Crippen LogP contribution in [0.5, 0.6) is 0 Å². The van der Waals surface area contributed by atoms with Gasteiger partial charge in [0.05, 0.1) is 0 Å². The van der Waals surface area contributed by atoms with Crippen LogP contribution in [-0.4, -0.2) is 59.3 Å². The summed E-state index contributed by atoms with van der Waals surface area (Å²) in [5.41, 5.74) is 0. The van der Waals surface area contributed by atoms with Crippen molar-refractivity contribution in [3.63, 3.8) is 0 Å². The third-order valence-corrected chi connectivity index (χ3v) is 3.82. The number of carbonyl (C=O) groups is 2. The van der Waals surface area contributed by atoms with Crippen LogP contribution in [0.25, 0.3) is 0 Å². The highest BCUT2D eigenvalue weighted by molar-refractivity contribution is 6.27. The maximum atomic E-state index is 9.10. The Kier molecular flexibility index (Phi) is 7.54. The predicted molar refractivity (Wildman–Crippen MR) is 75.8 cm³/mol. The molecular formula is C14H26N2O4. The second-order valence-corrected chi connectivity index (χ2v) is 5.76. The third kappa shape index (κ3) is 6.86. The third-order valence-electron chi connectivity index (χ3n) is 3.82. The Morgan fingerprint density at radius 1 is 1.15 bits per heavy atom. The zero-order valence-corrected chi connectivity index (χ0v) is 12.2. The van der Waals surface area contributed by atoms with Crippen LogP contribution in [0.1, 0.15) is 39.0 Å². The maximum absolute atomic E-state index is 9.10. The normalized spacial score (nSPS) is 27.2. The Morgan fingerprint density at radius 2 is 1.85 bits per heavy atom. The fourth-order valence-corrected chi connectivity index (χ4v) is 2.84. The number of carboxylic acid groups (broad SMARTS) is 2. The first-order valence-corrected chi connectivity index (χ1v) is 7.41. The smallest absolute Gasteiger partial charge is 0.414 e. The van der Waals surface area contributed by atoms with Gasteiger partial charge in [0.1, 0.15) is 0 Å². The molecule has 6 heteroatoms. The zero-order chi connectivity index (χ0) is 15.0. The van der Waals surface area contributed by atoms with Gasteiger partial charge in [0.25, 0.3) is 0 Å². The van der Waals surface area contributed by atoms with E-state index in [0.29, 0.717) is 0 Å². The van der Waals surface area contributed by atoms with E-state index in [1.807, 2.05) is 0 Å². The predicted octanol–water partition coefficient (Wildman–Crippen LogP) is 1.02. The number of hydrogen-bond acceptors (Lipinski definition) is 4. The molecule has 0 radical (unpaired) electrons. The molecule has 2 rings (SSSR count). The van der Waals surface area contributed by atoms with Gasteiger partial charge in [0.2, 0.25) is 0 Å². The second-order valence-electron chi connectivity index (χ2n) is 5.76. The van der Waals surface area contributed by atoms with Crippen molar-refractivity contribution in [2.75, 3.05) is 26.2 Å². The molecule has 2 saturated heterocycles. The van der Waals surface area contributed by atoms with Gasteiger partial charge in [-0.05, 0) is 44.7 Å². The molecule has 116 valence electrons. The van der Waals surface area contributed by atoms with E-state index in [2.05, 4.69) is 17.1 Å². The molecule has 3 N–H and O–H groups in total. The molecule has 0 saturated carbocycles. The van der Waals surface area contributed by atoms with E-state index >= 15 is 0 Å². The molecule has 2 aliphatic rings. The standard InChI is InChI=1S/C12H24N2.C2H2O4/c1-11-5-4-8-14(9-11)10-12-6-2-3-7-13-12;3-1(4)2(5)6/h11-13H,2-10H2,1H3;(H,3,4)(H,5,6). The lowest BCUT2D eigenvalue weighted by atomic mass is 9.98. The van der Waals surface area contributed by atoms with Gasteiger partial charge < -0.3 is 20.4 Å². The van der Waals surface area contributed by atoms with Gasteiger partial charge in [-0.2, -0.15) is 0 Å². The molecule has 20 heavy (non-hydrogen) atoms. The van der Waals surface area contributed by atoms with Crippen LogP contribution < -0.4 is 5.32 Å². The molecule has 0 spiro atoms. The summed E-state index contributed by atoms with van der Waals surface area (Å²) in [6.07, 6.45) is 7.06. The highest BCUT2D eigenvalue weighted by Crippen LogP contribution is 2.17. The summed E-state index contributed by atoms with van der Waals surface area (Å²) in [5.74, 6) is -2.72. The van der Waals surface area contributed by atoms with Gasteiger partial charge in [-0.1, -0.05) is 13.3 Å². The summed E-state index contributed by atoms with van der Waals surface area (Å²) in [5, 5.41) is 18.4. The van der Waals surface area contributed by atoms with E-state index in [1.165, 1.54) is 58.3 Å². The van der Waals surface area contributed by atoms with Gasteiger partial charge in [-0.25, -0.2) is 9.59 Å². The minimum atomic E-state index is -1.82. The van der Waals surface area contributed by atoms with E-state index in [4.69, 9.17) is 19.8 Å². The number of aliphatic carboxylic acids is 2. The molecular weight excluding hydrogens is 260 g/mol. The highest BCUT2D eigenvalue weighted by Gasteiger charge is 2.20. The first-order valence-electron chi connectivity index (χ1n) is 7.41. The van der Waals surface area contributed by atoms with Crippen molar-refractivity contribution in [2.24, 2.45) is 5.92 Å². The summed E-state index contributed by atoms with van der Waals surface area (Å²) >= 11 is 0. The van der Waals surface area contributed by atoms with E-state index in [1.54, 1.807) is 0 Å². The Morgan fingerprint density at radius 3 is 2.35 bits per heavy atom. The first kappa shape index (κ1) is 16.9. The van der Waals surface area contributed by atoms with Crippen molar-refractivity contribution >= 4 is 11.9 Å². The van der Waals surface area contributed by atoms with Gasteiger partial charge in [-0.3, -0.25) is 0 Å². The molecule has 0 aromatic heterocycles.